The van der Waals surface area contributed by atoms with E-state index in [2.05, 4.69) is 62.2 Å². The van der Waals surface area contributed by atoms with Crippen molar-refractivity contribution >= 4 is 0 Å². The Morgan fingerprint density at radius 2 is 1.79 bits per heavy atom. The van der Waals surface area contributed by atoms with Gasteiger partial charge in [0.25, 0.3) is 0 Å². The maximum atomic E-state index is 4.63. The molecule has 1 aliphatic rings. The summed E-state index contributed by atoms with van der Waals surface area (Å²) >= 11 is 0. The summed E-state index contributed by atoms with van der Waals surface area (Å²) in [5.41, 5.74) is 7.82. The fourth-order valence-corrected chi connectivity index (χ4v) is 4.06. The summed E-state index contributed by atoms with van der Waals surface area (Å²) in [6.45, 7) is 8.93. The third-order valence-electron chi connectivity index (χ3n) is 5.53. The number of hydrogen-bond donors (Lipinski definition) is 0. The summed E-state index contributed by atoms with van der Waals surface area (Å²) in [5, 5.41) is 9.17. The van der Waals surface area contributed by atoms with Crippen LogP contribution >= 0.6 is 0 Å². The number of aryl methyl sites for hydroxylation is 1. The van der Waals surface area contributed by atoms with E-state index in [9.17, 15) is 0 Å². The first-order chi connectivity index (χ1) is 11.6. The first-order valence-electron chi connectivity index (χ1n) is 9.58. The van der Waals surface area contributed by atoms with Crippen LogP contribution in [-0.4, -0.2) is 10.2 Å². The highest BCUT2D eigenvalue weighted by Crippen LogP contribution is 2.37. The molecular weight excluding hydrogens is 292 g/mol. The monoisotopic (exact) mass is 322 g/mol. The summed E-state index contributed by atoms with van der Waals surface area (Å²) in [5.74, 6) is 1.21. The molecular formula is C22H30N2. The fraction of sp³-hybridized carbons (Fsp3) is 0.545. The van der Waals surface area contributed by atoms with Crippen LogP contribution in [0.15, 0.2) is 24.3 Å². The lowest BCUT2D eigenvalue weighted by atomic mass is 9.81. The predicted molar refractivity (Wildman–Crippen MR) is 101 cm³/mol. The second-order valence-electron chi connectivity index (χ2n) is 7.51. The standard InChI is InChI=1S/C22H30N2/c1-5-17-9-7-6-8-10-20-21(17)16(4)23-24-22(20)19-13-11-18(12-14-19)15(2)3/h11-15,17H,5-10H2,1-4H3. The van der Waals surface area contributed by atoms with Gasteiger partial charge in [0, 0.05) is 5.56 Å². The van der Waals surface area contributed by atoms with Crippen molar-refractivity contribution in [3.05, 3.63) is 46.6 Å². The van der Waals surface area contributed by atoms with Crippen LogP contribution in [0.25, 0.3) is 11.3 Å². The van der Waals surface area contributed by atoms with Gasteiger partial charge >= 0.3 is 0 Å². The van der Waals surface area contributed by atoms with E-state index in [1.807, 2.05) is 0 Å². The van der Waals surface area contributed by atoms with Gasteiger partial charge in [0.1, 0.15) is 0 Å². The van der Waals surface area contributed by atoms with Gasteiger partial charge in [0.05, 0.1) is 11.4 Å². The summed E-state index contributed by atoms with van der Waals surface area (Å²) < 4.78 is 0. The maximum absolute atomic E-state index is 4.63. The molecule has 2 aromatic rings. The van der Waals surface area contributed by atoms with Gasteiger partial charge in [-0.15, -0.1) is 5.10 Å². The van der Waals surface area contributed by atoms with Gasteiger partial charge in [0.2, 0.25) is 0 Å². The second-order valence-corrected chi connectivity index (χ2v) is 7.51. The van der Waals surface area contributed by atoms with E-state index in [0.29, 0.717) is 11.8 Å². The minimum absolute atomic E-state index is 0.563. The predicted octanol–water partition coefficient (Wildman–Crippen LogP) is 6.19. The van der Waals surface area contributed by atoms with E-state index in [1.54, 1.807) is 0 Å². The second kappa shape index (κ2) is 7.46. The normalized spacial score (nSPS) is 18.1. The molecule has 2 heteroatoms. The van der Waals surface area contributed by atoms with Crippen molar-refractivity contribution in [2.75, 3.05) is 0 Å². The van der Waals surface area contributed by atoms with Crippen LogP contribution in [0.4, 0.5) is 0 Å². The average Bonchev–Trinajstić information content (AvgIpc) is 2.56. The third-order valence-corrected chi connectivity index (χ3v) is 5.53. The molecule has 1 atom stereocenters. The van der Waals surface area contributed by atoms with Crippen LogP contribution in [0.1, 0.15) is 87.1 Å². The number of hydrogen-bond acceptors (Lipinski definition) is 2. The first kappa shape index (κ1) is 17.1. The smallest absolute Gasteiger partial charge is 0.0964 e. The molecule has 1 aromatic heterocycles. The molecule has 0 fully saturated rings. The quantitative estimate of drug-likeness (QED) is 0.673. The number of nitrogens with zero attached hydrogens (tertiary/aromatic N) is 2. The average molecular weight is 322 g/mol. The SMILES string of the molecule is CCC1CCCCCc2c(-c3ccc(C(C)C)cc3)nnc(C)c21. The van der Waals surface area contributed by atoms with Crippen LogP contribution in [-0.2, 0) is 6.42 Å². The van der Waals surface area contributed by atoms with Gasteiger partial charge in [-0.25, -0.2) is 0 Å². The Hall–Kier alpha value is -1.70. The molecule has 0 bridgehead atoms. The minimum atomic E-state index is 0.563. The van der Waals surface area contributed by atoms with Gasteiger partial charge < -0.3 is 0 Å². The molecule has 0 N–H and O–H groups in total. The van der Waals surface area contributed by atoms with Crippen LogP contribution < -0.4 is 0 Å². The van der Waals surface area contributed by atoms with Crippen LogP contribution in [0, 0.1) is 6.92 Å². The van der Waals surface area contributed by atoms with Gasteiger partial charge in [-0.3, -0.25) is 0 Å². The Labute approximate surface area is 146 Å². The molecule has 0 saturated heterocycles. The zero-order valence-electron chi connectivity index (χ0n) is 15.6. The highest BCUT2D eigenvalue weighted by molar-refractivity contribution is 5.65. The first-order valence-corrected chi connectivity index (χ1v) is 9.58. The molecule has 0 saturated carbocycles. The number of rotatable bonds is 3. The number of aromatic nitrogens is 2. The van der Waals surface area contributed by atoms with Gasteiger partial charge in [-0.2, -0.15) is 5.10 Å². The molecule has 3 rings (SSSR count). The molecule has 1 aromatic carbocycles. The highest BCUT2D eigenvalue weighted by Gasteiger charge is 2.23. The largest absolute Gasteiger partial charge is 0.155 e. The van der Waals surface area contributed by atoms with E-state index in [4.69, 9.17) is 0 Å². The molecule has 128 valence electrons. The Kier molecular flexibility index (Phi) is 5.33. The van der Waals surface area contributed by atoms with E-state index in [-0.39, 0.29) is 0 Å². The van der Waals surface area contributed by atoms with Crippen molar-refractivity contribution in [3.8, 4) is 11.3 Å². The Balaban J connectivity index is 2.10. The molecule has 24 heavy (non-hydrogen) atoms. The van der Waals surface area contributed by atoms with Crippen molar-refractivity contribution in [2.24, 2.45) is 0 Å². The molecule has 2 nitrogen and oxygen atoms in total. The summed E-state index contributed by atoms with van der Waals surface area (Å²) in [6.07, 6.45) is 7.59. The molecule has 0 amide bonds. The lowest BCUT2D eigenvalue weighted by molar-refractivity contribution is 0.517. The van der Waals surface area contributed by atoms with Crippen LogP contribution in [0.3, 0.4) is 0 Å². The zero-order chi connectivity index (χ0) is 17.1. The zero-order valence-corrected chi connectivity index (χ0v) is 15.6. The van der Waals surface area contributed by atoms with E-state index in [1.165, 1.54) is 54.4 Å². The molecule has 0 radical (unpaired) electrons. The van der Waals surface area contributed by atoms with Crippen molar-refractivity contribution < 1.29 is 0 Å². The van der Waals surface area contributed by atoms with Crippen molar-refractivity contribution in [3.63, 3.8) is 0 Å². The molecule has 1 heterocycles. The van der Waals surface area contributed by atoms with Crippen molar-refractivity contribution in [1.29, 1.82) is 0 Å². The Morgan fingerprint density at radius 1 is 1.04 bits per heavy atom. The lowest BCUT2D eigenvalue weighted by Crippen LogP contribution is -2.12. The summed E-state index contributed by atoms with van der Waals surface area (Å²) in [7, 11) is 0. The van der Waals surface area contributed by atoms with Crippen LogP contribution in [0.5, 0.6) is 0 Å². The molecule has 0 spiro atoms. The van der Waals surface area contributed by atoms with E-state index in [0.717, 1.165) is 17.8 Å². The number of fused-ring (bicyclic) bond motifs is 1. The van der Waals surface area contributed by atoms with Crippen molar-refractivity contribution in [1.82, 2.24) is 10.2 Å². The topological polar surface area (TPSA) is 25.8 Å². The number of benzene rings is 1. The van der Waals surface area contributed by atoms with Gasteiger partial charge in [0.15, 0.2) is 0 Å². The lowest BCUT2D eigenvalue weighted by Gasteiger charge is -2.25. The fourth-order valence-electron chi connectivity index (χ4n) is 4.06. The Morgan fingerprint density at radius 3 is 2.46 bits per heavy atom. The van der Waals surface area contributed by atoms with Gasteiger partial charge in [-0.05, 0) is 61.1 Å². The van der Waals surface area contributed by atoms with Crippen molar-refractivity contribution in [2.45, 2.75) is 78.1 Å². The maximum Gasteiger partial charge on any atom is 0.0964 e. The minimum Gasteiger partial charge on any atom is -0.155 e. The molecule has 1 unspecified atom stereocenters. The highest BCUT2D eigenvalue weighted by atomic mass is 15.1. The van der Waals surface area contributed by atoms with E-state index < -0.39 is 0 Å². The molecule has 0 aliphatic heterocycles. The molecule has 1 aliphatic carbocycles. The summed E-state index contributed by atoms with van der Waals surface area (Å²) in [6, 6.07) is 8.95. The van der Waals surface area contributed by atoms with Crippen LogP contribution in [0.2, 0.25) is 0 Å². The Bertz CT molecular complexity index is 686. The van der Waals surface area contributed by atoms with E-state index >= 15 is 0 Å². The summed E-state index contributed by atoms with van der Waals surface area (Å²) in [4.78, 5) is 0. The van der Waals surface area contributed by atoms with Gasteiger partial charge in [-0.1, -0.05) is 57.9 Å². The third kappa shape index (κ3) is 3.38.